The number of nitrogens with one attached hydrogen (secondary N) is 1. The lowest BCUT2D eigenvalue weighted by Gasteiger charge is -2.09. The van der Waals surface area contributed by atoms with Gasteiger partial charge in [0.1, 0.15) is 0 Å². The van der Waals surface area contributed by atoms with Crippen molar-refractivity contribution in [3.8, 4) is 5.69 Å². The number of benzene rings is 1. The van der Waals surface area contributed by atoms with E-state index >= 15 is 0 Å². The second-order valence-electron chi connectivity index (χ2n) is 4.00. The lowest BCUT2D eigenvalue weighted by Crippen LogP contribution is -2.12. The Morgan fingerprint density at radius 2 is 2.24 bits per heavy atom. The molecule has 0 aliphatic heterocycles. The van der Waals surface area contributed by atoms with Crippen molar-refractivity contribution in [2.75, 3.05) is 6.54 Å². The summed E-state index contributed by atoms with van der Waals surface area (Å²) in [5, 5.41) is 8.20. The molecule has 1 heterocycles. The fraction of sp³-hybridized carbons (Fsp3) is 0.308. The molecule has 90 valence electrons. The number of aryl methyl sites for hydroxylation is 1. The zero-order valence-electron chi connectivity index (χ0n) is 10.1. The minimum Gasteiger partial charge on any atom is -0.313 e. The van der Waals surface area contributed by atoms with Crippen molar-refractivity contribution in [1.82, 2.24) is 15.1 Å². The van der Waals surface area contributed by atoms with Crippen molar-refractivity contribution in [1.29, 1.82) is 0 Å². The predicted octanol–water partition coefficient (Wildman–Crippen LogP) is 2.94. The first-order valence-corrected chi connectivity index (χ1v) is 6.09. The van der Waals surface area contributed by atoms with Gasteiger partial charge in [-0.25, -0.2) is 4.68 Å². The van der Waals surface area contributed by atoms with Gasteiger partial charge in [-0.3, -0.25) is 0 Å². The maximum atomic E-state index is 5.89. The average Bonchev–Trinajstić information content (AvgIpc) is 2.75. The summed E-state index contributed by atoms with van der Waals surface area (Å²) in [5.41, 5.74) is 3.51. The smallest absolute Gasteiger partial charge is 0.0790 e. The standard InChI is InChI=1S/C13H16ClN3/c1-3-15-7-11-5-4-10(2)13(6-11)17-9-12(14)8-16-17/h4-6,8-9,15H,3,7H2,1-2H3. The Balaban J connectivity index is 2.32. The first-order chi connectivity index (χ1) is 8.20. The fourth-order valence-electron chi connectivity index (χ4n) is 1.71. The Bertz CT molecular complexity index is 505. The van der Waals surface area contributed by atoms with Gasteiger partial charge in [-0.1, -0.05) is 30.7 Å². The first kappa shape index (κ1) is 12.1. The van der Waals surface area contributed by atoms with Crippen molar-refractivity contribution in [3.05, 3.63) is 46.7 Å². The molecule has 0 atom stereocenters. The van der Waals surface area contributed by atoms with Gasteiger partial charge in [0.25, 0.3) is 0 Å². The zero-order chi connectivity index (χ0) is 12.3. The predicted molar refractivity (Wildman–Crippen MR) is 70.7 cm³/mol. The minimum absolute atomic E-state index is 0.654. The molecule has 0 aliphatic carbocycles. The molecule has 0 radical (unpaired) electrons. The van der Waals surface area contributed by atoms with Gasteiger partial charge in [0.2, 0.25) is 0 Å². The highest BCUT2D eigenvalue weighted by Gasteiger charge is 2.04. The van der Waals surface area contributed by atoms with Crippen LogP contribution in [-0.2, 0) is 6.54 Å². The molecule has 2 aromatic rings. The summed E-state index contributed by atoms with van der Waals surface area (Å²) < 4.78 is 1.81. The lowest BCUT2D eigenvalue weighted by molar-refractivity contribution is 0.725. The highest BCUT2D eigenvalue weighted by Crippen LogP contribution is 2.17. The van der Waals surface area contributed by atoms with Crippen LogP contribution < -0.4 is 5.32 Å². The number of halogens is 1. The van der Waals surface area contributed by atoms with E-state index in [4.69, 9.17) is 11.6 Å². The van der Waals surface area contributed by atoms with Gasteiger partial charge in [0, 0.05) is 12.7 Å². The molecule has 3 nitrogen and oxygen atoms in total. The Morgan fingerprint density at radius 1 is 1.41 bits per heavy atom. The van der Waals surface area contributed by atoms with E-state index in [-0.39, 0.29) is 0 Å². The van der Waals surface area contributed by atoms with E-state index in [0.717, 1.165) is 18.8 Å². The van der Waals surface area contributed by atoms with Crippen LogP contribution in [0.15, 0.2) is 30.6 Å². The van der Waals surface area contributed by atoms with Crippen molar-refractivity contribution in [2.24, 2.45) is 0 Å². The van der Waals surface area contributed by atoms with Crippen molar-refractivity contribution >= 4 is 11.6 Å². The van der Waals surface area contributed by atoms with Crippen LogP contribution in [0.3, 0.4) is 0 Å². The van der Waals surface area contributed by atoms with Crippen LogP contribution in [0.5, 0.6) is 0 Å². The van der Waals surface area contributed by atoms with Gasteiger partial charge in [0.05, 0.1) is 16.9 Å². The van der Waals surface area contributed by atoms with Crippen LogP contribution in [0.25, 0.3) is 5.69 Å². The molecule has 1 aromatic heterocycles. The molecule has 0 fully saturated rings. The Labute approximate surface area is 106 Å². The molecule has 0 saturated carbocycles. The van der Waals surface area contributed by atoms with E-state index in [2.05, 4.69) is 42.5 Å². The Kier molecular flexibility index (Phi) is 3.82. The van der Waals surface area contributed by atoms with E-state index in [1.807, 2.05) is 10.9 Å². The van der Waals surface area contributed by atoms with E-state index in [1.54, 1.807) is 6.20 Å². The molecular formula is C13H16ClN3. The summed E-state index contributed by atoms with van der Waals surface area (Å²) in [6, 6.07) is 6.38. The quantitative estimate of drug-likeness (QED) is 0.903. The molecule has 0 bridgehead atoms. The fourth-order valence-corrected chi connectivity index (χ4v) is 1.85. The largest absolute Gasteiger partial charge is 0.313 e. The molecule has 4 heteroatoms. The molecule has 0 unspecified atom stereocenters. The van der Waals surface area contributed by atoms with Gasteiger partial charge in [-0.05, 0) is 30.7 Å². The lowest BCUT2D eigenvalue weighted by atomic mass is 10.1. The van der Waals surface area contributed by atoms with Crippen LogP contribution in [0.2, 0.25) is 5.02 Å². The number of aromatic nitrogens is 2. The monoisotopic (exact) mass is 249 g/mol. The summed E-state index contributed by atoms with van der Waals surface area (Å²) in [6.07, 6.45) is 3.47. The second-order valence-corrected chi connectivity index (χ2v) is 4.44. The molecule has 0 aliphatic rings. The molecule has 0 saturated heterocycles. The molecule has 1 aromatic carbocycles. The minimum atomic E-state index is 0.654. The Morgan fingerprint density at radius 3 is 2.88 bits per heavy atom. The van der Waals surface area contributed by atoms with Crippen LogP contribution in [0.4, 0.5) is 0 Å². The van der Waals surface area contributed by atoms with E-state index in [0.29, 0.717) is 5.02 Å². The zero-order valence-corrected chi connectivity index (χ0v) is 10.8. The molecule has 0 spiro atoms. The summed E-state index contributed by atoms with van der Waals surface area (Å²) >= 11 is 5.89. The van der Waals surface area contributed by atoms with Gasteiger partial charge < -0.3 is 5.32 Å². The third kappa shape index (κ3) is 2.87. The number of nitrogens with zero attached hydrogens (tertiary/aromatic N) is 2. The molecule has 17 heavy (non-hydrogen) atoms. The van der Waals surface area contributed by atoms with Crippen molar-refractivity contribution in [2.45, 2.75) is 20.4 Å². The maximum Gasteiger partial charge on any atom is 0.0790 e. The van der Waals surface area contributed by atoms with Gasteiger partial charge in [-0.15, -0.1) is 0 Å². The van der Waals surface area contributed by atoms with Crippen LogP contribution in [0.1, 0.15) is 18.1 Å². The molecule has 2 rings (SSSR count). The van der Waals surface area contributed by atoms with Gasteiger partial charge >= 0.3 is 0 Å². The van der Waals surface area contributed by atoms with Crippen LogP contribution >= 0.6 is 11.6 Å². The first-order valence-electron chi connectivity index (χ1n) is 5.71. The third-order valence-corrected chi connectivity index (χ3v) is 2.85. The average molecular weight is 250 g/mol. The highest BCUT2D eigenvalue weighted by molar-refractivity contribution is 6.30. The summed E-state index contributed by atoms with van der Waals surface area (Å²) in [7, 11) is 0. The van der Waals surface area contributed by atoms with E-state index in [9.17, 15) is 0 Å². The van der Waals surface area contributed by atoms with Gasteiger partial charge in [-0.2, -0.15) is 5.10 Å². The molecule has 0 amide bonds. The van der Waals surface area contributed by atoms with E-state index in [1.165, 1.54) is 11.1 Å². The van der Waals surface area contributed by atoms with Crippen LogP contribution in [0, 0.1) is 6.92 Å². The van der Waals surface area contributed by atoms with Crippen molar-refractivity contribution < 1.29 is 0 Å². The normalized spacial score (nSPS) is 10.8. The Hall–Kier alpha value is -1.32. The third-order valence-electron chi connectivity index (χ3n) is 2.65. The number of rotatable bonds is 4. The highest BCUT2D eigenvalue weighted by atomic mass is 35.5. The summed E-state index contributed by atoms with van der Waals surface area (Å²) in [4.78, 5) is 0. The van der Waals surface area contributed by atoms with E-state index < -0.39 is 0 Å². The molecular weight excluding hydrogens is 234 g/mol. The summed E-state index contributed by atoms with van der Waals surface area (Å²) in [6.45, 7) is 6.01. The topological polar surface area (TPSA) is 29.9 Å². The number of hydrogen-bond donors (Lipinski definition) is 1. The number of hydrogen-bond acceptors (Lipinski definition) is 2. The van der Waals surface area contributed by atoms with Crippen LogP contribution in [-0.4, -0.2) is 16.3 Å². The second kappa shape index (κ2) is 5.34. The molecule has 1 N–H and O–H groups in total. The SMILES string of the molecule is CCNCc1ccc(C)c(-n2cc(Cl)cn2)c1. The summed E-state index contributed by atoms with van der Waals surface area (Å²) in [5.74, 6) is 0. The van der Waals surface area contributed by atoms with Crippen molar-refractivity contribution in [3.63, 3.8) is 0 Å². The van der Waals surface area contributed by atoms with Gasteiger partial charge in [0.15, 0.2) is 0 Å². The maximum absolute atomic E-state index is 5.89.